The monoisotopic (exact) mass is 378 g/mol. The Bertz CT molecular complexity index is 458. The van der Waals surface area contributed by atoms with Crippen LogP contribution in [0.5, 0.6) is 0 Å². The normalized spacial score (nSPS) is 14.4. The molecule has 0 aliphatic carbocycles. The van der Waals surface area contributed by atoms with Gasteiger partial charge in [0.05, 0.1) is 6.10 Å². The van der Waals surface area contributed by atoms with Gasteiger partial charge in [0.1, 0.15) is 0 Å². The van der Waals surface area contributed by atoms with Crippen molar-refractivity contribution in [3.8, 4) is 0 Å². The van der Waals surface area contributed by atoms with Gasteiger partial charge in [0.2, 0.25) is 0 Å². The third-order valence-corrected chi connectivity index (χ3v) is 9.35. The highest BCUT2D eigenvalue weighted by Crippen LogP contribution is 2.41. The maximum absolute atomic E-state index is 9.34. The van der Waals surface area contributed by atoms with Gasteiger partial charge in [0, 0.05) is 16.1 Å². The Balaban J connectivity index is 3.06. The zero-order valence-electron chi connectivity index (χ0n) is 12.8. The molecule has 1 rings (SSSR count). The second kappa shape index (κ2) is 6.92. The van der Waals surface area contributed by atoms with Gasteiger partial charge in [-0.2, -0.15) is 0 Å². The van der Waals surface area contributed by atoms with E-state index in [2.05, 4.69) is 49.8 Å². The topological polar surface area (TPSA) is 29.5 Å². The Morgan fingerprint density at radius 2 is 1.95 bits per heavy atom. The lowest BCUT2D eigenvalue weighted by atomic mass is 10.1. The second-order valence-corrected chi connectivity index (χ2v) is 12.6. The molecule has 1 atom stereocenters. The van der Waals surface area contributed by atoms with Crippen molar-refractivity contribution in [3.63, 3.8) is 0 Å². The zero-order chi connectivity index (χ0) is 15.6. The van der Waals surface area contributed by atoms with E-state index in [0.29, 0.717) is 11.4 Å². The molecule has 1 aromatic rings. The van der Waals surface area contributed by atoms with Crippen LogP contribution in [0.25, 0.3) is 0 Å². The molecule has 0 aromatic heterocycles. The van der Waals surface area contributed by atoms with Crippen LogP contribution in [0.3, 0.4) is 0 Å². The smallest absolute Gasteiger partial charge is 0.192 e. The zero-order valence-corrected chi connectivity index (χ0v) is 16.2. The Morgan fingerprint density at radius 1 is 1.35 bits per heavy atom. The van der Waals surface area contributed by atoms with Gasteiger partial charge in [0.15, 0.2) is 8.32 Å². The number of hydrogen-bond donors (Lipinski definition) is 1. The van der Waals surface area contributed by atoms with Crippen molar-refractivity contribution in [1.29, 1.82) is 0 Å². The van der Waals surface area contributed by atoms with Crippen molar-refractivity contribution in [3.05, 3.63) is 33.3 Å². The van der Waals surface area contributed by atoms with E-state index < -0.39 is 8.32 Å². The number of aliphatic hydroxyl groups excluding tert-OH is 1. The summed E-state index contributed by atoms with van der Waals surface area (Å²) in [5.41, 5.74) is 1.05. The van der Waals surface area contributed by atoms with Crippen LogP contribution in [-0.4, -0.2) is 20.0 Å². The maximum atomic E-state index is 9.34. The van der Waals surface area contributed by atoms with E-state index >= 15 is 0 Å². The summed E-state index contributed by atoms with van der Waals surface area (Å²) in [5, 5.41) is 10.2. The minimum Gasteiger partial charge on any atom is -0.410 e. The highest BCUT2D eigenvalue weighted by Gasteiger charge is 2.39. The Morgan fingerprint density at radius 3 is 2.40 bits per heavy atom. The molecule has 0 amide bonds. The van der Waals surface area contributed by atoms with Crippen molar-refractivity contribution in [2.45, 2.75) is 51.4 Å². The first-order valence-corrected chi connectivity index (χ1v) is 10.9. The van der Waals surface area contributed by atoms with Gasteiger partial charge in [-0.15, -0.1) is 0 Å². The van der Waals surface area contributed by atoms with Gasteiger partial charge in [0.25, 0.3) is 0 Å². The van der Waals surface area contributed by atoms with E-state index in [0.717, 1.165) is 10.0 Å². The summed E-state index contributed by atoms with van der Waals surface area (Å²) >= 11 is 9.54. The molecule has 1 N–H and O–H groups in total. The fourth-order valence-electron chi connectivity index (χ4n) is 1.69. The molecule has 0 heterocycles. The first-order valence-electron chi connectivity index (χ1n) is 6.82. The molecule has 0 radical (unpaired) electrons. The molecule has 0 saturated carbocycles. The van der Waals surface area contributed by atoms with Crippen molar-refractivity contribution < 1.29 is 9.53 Å². The molecule has 0 bridgehead atoms. The van der Waals surface area contributed by atoms with E-state index in [4.69, 9.17) is 16.0 Å². The van der Waals surface area contributed by atoms with Gasteiger partial charge >= 0.3 is 0 Å². The number of hydrogen-bond acceptors (Lipinski definition) is 2. The average molecular weight is 380 g/mol. The Labute approximate surface area is 136 Å². The highest BCUT2D eigenvalue weighted by molar-refractivity contribution is 9.10. The lowest BCUT2D eigenvalue weighted by Gasteiger charge is -2.39. The highest BCUT2D eigenvalue weighted by atomic mass is 79.9. The summed E-state index contributed by atoms with van der Waals surface area (Å²) in [6, 6.07) is 5.71. The van der Waals surface area contributed by atoms with Crippen molar-refractivity contribution in [2.24, 2.45) is 0 Å². The summed E-state index contributed by atoms with van der Waals surface area (Å²) < 4.78 is 7.39. The predicted octanol–water partition coefficient (Wildman–Crippen LogP) is 5.55. The molecule has 114 valence electrons. The summed E-state index contributed by atoms with van der Waals surface area (Å²) in [5.74, 6) is 0. The van der Waals surface area contributed by atoms with Gasteiger partial charge in [-0.1, -0.05) is 54.4 Å². The van der Waals surface area contributed by atoms with Crippen molar-refractivity contribution >= 4 is 35.8 Å². The Hall–Kier alpha value is 0.127. The number of aliphatic hydroxyl groups is 1. The van der Waals surface area contributed by atoms with E-state index in [-0.39, 0.29) is 17.7 Å². The largest absolute Gasteiger partial charge is 0.410 e. The standard InChI is InChI=1S/C15H24BrClO2Si/c1-15(2,3)20(4,5)19-14(8-9-18)12-7-6-11(17)10-13(12)16/h6-7,10,14,18H,8-9H2,1-5H3. The summed E-state index contributed by atoms with van der Waals surface area (Å²) in [7, 11) is -1.89. The Kier molecular flexibility index (Phi) is 6.29. The second-order valence-electron chi connectivity index (χ2n) is 6.54. The number of halogens is 2. The van der Waals surface area contributed by atoms with Crippen LogP contribution in [0, 0.1) is 0 Å². The first-order chi connectivity index (χ1) is 9.08. The molecule has 20 heavy (non-hydrogen) atoms. The third kappa shape index (κ3) is 4.57. The van der Waals surface area contributed by atoms with Gasteiger partial charge < -0.3 is 9.53 Å². The molecule has 1 unspecified atom stereocenters. The summed E-state index contributed by atoms with van der Waals surface area (Å²) in [6.07, 6.45) is 0.486. The van der Waals surface area contributed by atoms with E-state index in [1.165, 1.54) is 0 Å². The van der Waals surface area contributed by atoms with Crippen LogP contribution in [0.4, 0.5) is 0 Å². The van der Waals surface area contributed by atoms with Gasteiger partial charge in [-0.3, -0.25) is 0 Å². The lowest BCUT2D eigenvalue weighted by molar-refractivity contribution is 0.140. The van der Waals surface area contributed by atoms with Crippen LogP contribution in [-0.2, 0) is 4.43 Å². The van der Waals surface area contributed by atoms with Crippen LogP contribution in [0.1, 0.15) is 38.9 Å². The first kappa shape index (κ1) is 18.2. The molecule has 2 nitrogen and oxygen atoms in total. The molecule has 0 spiro atoms. The molecule has 0 fully saturated rings. The van der Waals surface area contributed by atoms with Crippen LogP contribution in [0.2, 0.25) is 23.2 Å². The minimum absolute atomic E-state index is 0.104. The summed E-state index contributed by atoms with van der Waals surface area (Å²) in [6.45, 7) is 11.2. The summed E-state index contributed by atoms with van der Waals surface area (Å²) in [4.78, 5) is 0. The van der Waals surface area contributed by atoms with Crippen molar-refractivity contribution in [2.75, 3.05) is 6.61 Å². The maximum Gasteiger partial charge on any atom is 0.192 e. The average Bonchev–Trinajstić information content (AvgIpc) is 2.26. The molecule has 5 heteroatoms. The van der Waals surface area contributed by atoms with Crippen LogP contribution < -0.4 is 0 Å². The molecule has 0 aliphatic rings. The van der Waals surface area contributed by atoms with Crippen LogP contribution in [0.15, 0.2) is 22.7 Å². The molecule has 1 aromatic carbocycles. The molecular weight excluding hydrogens is 356 g/mol. The van der Waals surface area contributed by atoms with Crippen LogP contribution >= 0.6 is 27.5 Å². The quantitative estimate of drug-likeness (QED) is 0.680. The minimum atomic E-state index is -1.89. The molecule has 0 aliphatic heterocycles. The SMILES string of the molecule is CC(C)(C)[Si](C)(C)OC(CCO)c1ccc(Cl)cc1Br. The third-order valence-electron chi connectivity index (χ3n) is 3.94. The lowest BCUT2D eigenvalue weighted by Crippen LogP contribution is -2.42. The number of benzene rings is 1. The van der Waals surface area contributed by atoms with Crippen molar-refractivity contribution in [1.82, 2.24) is 0 Å². The molecule has 0 saturated heterocycles. The number of rotatable bonds is 5. The fraction of sp³-hybridized carbons (Fsp3) is 0.600. The van der Waals surface area contributed by atoms with E-state index in [1.807, 2.05) is 18.2 Å². The van der Waals surface area contributed by atoms with E-state index in [9.17, 15) is 5.11 Å². The van der Waals surface area contributed by atoms with Gasteiger partial charge in [-0.05, 0) is 42.2 Å². The predicted molar refractivity (Wildman–Crippen MR) is 91.9 cm³/mol. The fourth-order valence-corrected chi connectivity index (χ4v) is 3.94. The van der Waals surface area contributed by atoms with Gasteiger partial charge in [-0.25, -0.2) is 0 Å². The molecular formula is C15H24BrClO2Si. The van der Waals surface area contributed by atoms with E-state index in [1.54, 1.807) is 0 Å².